The molecule has 1 aromatic carbocycles. The van der Waals surface area contributed by atoms with Crippen LogP contribution in [0.1, 0.15) is 19.4 Å². The van der Waals surface area contributed by atoms with Crippen molar-refractivity contribution in [1.82, 2.24) is 4.90 Å². The number of thioether (sulfide) groups is 1. The monoisotopic (exact) mass is 424 g/mol. The molecule has 0 aromatic heterocycles. The van der Waals surface area contributed by atoms with Crippen LogP contribution in [0.3, 0.4) is 0 Å². The van der Waals surface area contributed by atoms with E-state index in [1.807, 2.05) is 0 Å². The highest BCUT2D eigenvalue weighted by atomic mass is 32.2. The number of nitro groups is 1. The number of hydrogen-bond donors (Lipinski definition) is 1. The zero-order valence-electron chi connectivity index (χ0n) is 15.9. The molecular formula is C18H20N2O8S. The Bertz CT molecular complexity index is 839. The number of β-lactam (4-membered cyclic amide) rings is 1. The van der Waals surface area contributed by atoms with Gasteiger partial charge in [-0.3, -0.25) is 19.8 Å². The number of non-ortho nitro benzene ring substituents is 1. The molecule has 1 fully saturated rings. The average molecular weight is 424 g/mol. The van der Waals surface area contributed by atoms with Crippen LogP contribution in [0.25, 0.3) is 0 Å². The van der Waals surface area contributed by atoms with Gasteiger partial charge < -0.3 is 14.6 Å². The van der Waals surface area contributed by atoms with E-state index in [1.54, 1.807) is 6.26 Å². The summed E-state index contributed by atoms with van der Waals surface area (Å²) in [4.78, 5) is 46.9. The van der Waals surface area contributed by atoms with Gasteiger partial charge in [0, 0.05) is 12.1 Å². The van der Waals surface area contributed by atoms with Crippen LogP contribution in [-0.2, 0) is 25.7 Å². The number of carboxylic acid groups (broad SMARTS) is 1. The minimum absolute atomic E-state index is 0.0806. The molecule has 1 aliphatic rings. The zero-order valence-corrected chi connectivity index (χ0v) is 16.8. The predicted octanol–water partition coefficient (Wildman–Crippen LogP) is 2.77. The predicted molar refractivity (Wildman–Crippen MR) is 103 cm³/mol. The highest BCUT2D eigenvalue weighted by Crippen LogP contribution is 2.40. The summed E-state index contributed by atoms with van der Waals surface area (Å²) >= 11 is 1.28. The molecular weight excluding hydrogens is 404 g/mol. The summed E-state index contributed by atoms with van der Waals surface area (Å²) in [5.74, 6) is -2.36. The first-order valence-electron chi connectivity index (χ1n) is 8.53. The van der Waals surface area contributed by atoms with Gasteiger partial charge in [-0.15, -0.1) is 11.8 Å². The molecule has 2 rings (SSSR count). The van der Waals surface area contributed by atoms with Crippen molar-refractivity contribution in [1.29, 1.82) is 0 Å². The van der Waals surface area contributed by atoms with E-state index in [9.17, 15) is 29.6 Å². The maximum Gasteiger partial charge on any atom is 0.508 e. The number of carbonyl (C=O) groups is 3. The quantitative estimate of drug-likeness (QED) is 0.219. The molecule has 3 atom stereocenters. The third-order valence-corrected chi connectivity index (χ3v) is 5.36. The van der Waals surface area contributed by atoms with Gasteiger partial charge in [-0.1, -0.05) is 6.08 Å². The van der Waals surface area contributed by atoms with E-state index in [1.165, 1.54) is 60.9 Å². The highest BCUT2D eigenvalue weighted by Gasteiger charge is 2.53. The van der Waals surface area contributed by atoms with Crippen molar-refractivity contribution < 1.29 is 33.9 Å². The Morgan fingerprint density at radius 1 is 1.38 bits per heavy atom. The smallest absolute Gasteiger partial charge is 0.477 e. The van der Waals surface area contributed by atoms with Gasteiger partial charge in [0.25, 0.3) is 5.69 Å². The lowest BCUT2D eigenvalue weighted by Gasteiger charge is -2.47. The number of nitro benzene ring substituents is 1. The number of ether oxygens (including phenoxy) is 2. The van der Waals surface area contributed by atoms with Crippen molar-refractivity contribution in [2.75, 3.05) is 6.26 Å². The number of benzene rings is 1. The van der Waals surface area contributed by atoms with Crippen molar-refractivity contribution in [3.63, 3.8) is 0 Å². The Kier molecular flexibility index (Phi) is 7.21. The normalized spacial score (nSPS) is 19.9. The number of likely N-dealkylation sites (tertiary alicyclic amines) is 1. The van der Waals surface area contributed by atoms with E-state index in [-0.39, 0.29) is 18.0 Å². The van der Waals surface area contributed by atoms with Crippen LogP contribution in [0.2, 0.25) is 0 Å². The summed E-state index contributed by atoms with van der Waals surface area (Å²) in [5, 5.41) is 19.4. The second kappa shape index (κ2) is 9.41. The molecule has 1 aliphatic heterocycles. The fourth-order valence-corrected chi connectivity index (χ4v) is 3.97. The number of rotatable bonds is 8. The molecule has 0 radical (unpaired) electrons. The molecule has 11 heteroatoms. The van der Waals surface area contributed by atoms with Crippen molar-refractivity contribution in [2.24, 2.45) is 5.92 Å². The Morgan fingerprint density at radius 3 is 2.48 bits per heavy atom. The number of amides is 1. The van der Waals surface area contributed by atoms with Gasteiger partial charge in [-0.05, 0) is 37.8 Å². The minimum Gasteiger partial charge on any atom is -0.477 e. The van der Waals surface area contributed by atoms with Gasteiger partial charge in [0.2, 0.25) is 5.91 Å². The number of nitrogens with zero attached hydrogens (tertiary/aromatic N) is 2. The lowest BCUT2D eigenvalue weighted by atomic mass is 9.91. The maximum absolute atomic E-state index is 12.4. The topological polar surface area (TPSA) is 136 Å². The van der Waals surface area contributed by atoms with E-state index in [0.717, 1.165) is 0 Å². The maximum atomic E-state index is 12.4. The molecule has 1 N–H and O–H groups in total. The first-order valence-corrected chi connectivity index (χ1v) is 9.82. The SMILES string of the molecule is CC=C(C(=O)O)N1C(=O)[C@H]([C@@H](C)OC(=O)OCc2ccc([N+](=O)[O-])cc2)[C@H]1SC. The third-order valence-electron chi connectivity index (χ3n) is 4.37. The van der Waals surface area contributed by atoms with Crippen molar-refractivity contribution >= 4 is 35.5 Å². The summed E-state index contributed by atoms with van der Waals surface area (Å²) in [7, 11) is 0. The van der Waals surface area contributed by atoms with Crippen LogP contribution >= 0.6 is 11.8 Å². The number of hydrogen-bond acceptors (Lipinski definition) is 8. The van der Waals surface area contributed by atoms with Crippen molar-refractivity contribution in [3.8, 4) is 0 Å². The molecule has 0 spiro atoms. The second-order valence-corrected chi connectivity index (χ2v) is 7.08. The van der Waals surface area contributed by atoms with E-state index >= 15 is 0 Å². The Hall–Kier alpha value is -3.08. The first-order chi connectivity index (χ1) is 13.7. The molecule has 1 amide bonds. The third kappa shape index (κ3) is 4.86. The number of carbonyl (C=O) groups excluding carboxylic acids is 2. The summed E-state index contributed by atoms with van der Waals surface area (Å²) in [6.45, 7) is 2.91. The van der Waals surface area contributed by atoms with E-state index in [2.05, 4.69) is 0 Å². The van der Waals surface area contributed by atoms with Crippen LogP contribution in [-0.4, -0.2) is 50.7 Å². The van der Waals surface area contributed by atoms with Crippen LogP contribution in [0.5, 0.6) is 0 Å². The molecule has 10 nitrogen and oxygen atoms in total. The zero-order chi connectivity index (χ0) is 21.7. The molecule has 0 aliphatic carbocycles. The fraction of sp³-hybridized carbons (Fsp3) is 0.389. The molecule has 0 unspecified atom stereocenters. The van der Waals surface area contributed by atoms with Crippen molar-refractivity contribution in [2.45, 2.75) is 31.9 Å². The first kappa shape index (κ1) is 22.2. The van der Waals surface area contributed by atoms with E-state index in [4.69, 9.17) is 9.47 Å². The lowest BCUT2D eigenvalue weighted by molar-refractivity contribution is -0.384. The van der Waals surface area contributed by atoms with Crippen LogP contribution in [0.15, 0.2) is 36.0 Å². The van der Waals surface area contributed by atoms with Crippen LogP contribution in [0, 0.1) is 16.0 Å². The number of allylic oxidation sites excluding steroid dienone is 1. The second-order valence-electron chi connectivity index (χ2n) is 6.12. The minimum atomic E-state index is -1.21. The number of aliphatic carboxylic acids is 1. The molecule has 29 heavy (non-hydrogen) atoms. The average Bonchev–Trinajstić information content (AvgIpc) is 2.67. The Balaban J connectivity index is 1.93. The fourth-order valence-electron chi connectivity index (χ4n) is 2.91. The molecule has 0 bridgehead atoms. The summed E-state index contributed by atoms with van der Waals surface area (Å²) in [6.07, 6.45) is 1.24. The molecule has 156 valence electrons. The van der Waals surface area contributed by atoms with E-state index in [0.29, 0.717) is 5.56 Å². The van der Waals surface area contributed by atoms with Crippen LogP contribution in [0.4, 0.5) is 10.5 Å². The summed E-state index contributed by atoms with van der Waals surface area (Å²) in [6, 6.07) is 5.49. The Labute approximate surface area is 170 Å². The summed E-state index contributed by atoms with van der Waals surface area (Å²) < 4.78 is 10.2. The van der Waals surface area contributed by atoms with Gasteiger partial charge in [-0.2, -0.15) is 0 Å². The summed E-state index contributed by atoms with van der Waals surface area (Å²) in [5.41, 5.74) is 0.328. The molecule has 0 saturated carbocycles. The van der Waals surface area contributed by atoms with E-state index < -0.39 is 40.4 Å². The van der Waals surface area contributed by atoms with Gasteiger partial charge >= 0.3 is 12.1 Å². The molecule has 1 heterocycles. The molecule has 1 saturated heterocycles. The largest absolute Gasteiger partial charge is 0.508 e. The highest BCUT2D eigenvalue weighted by molar-refractivity contribution is 7.99. The van der Waals surface area contributed by atoms with Gasteiger partial charge in [-0.25, -0.2) is 9.59 Å². The van der Waals surface area contributed by atoms with Crippen LogP contribution < -0.4 is 0 Å². The van der Waals surface area contributed by atoms with Gasteiger partial charge in [0.05, 0.1) is 10.3 Å². The molecule has 1 aromatic rings. The standard InChI is InChI=1S/C18H20N2O8S/c1-4-13(17(22)23)19-15(21)14(16(19)29-3)10(2)28-18(24)27-9-11-5-7-12(8-6-11)20(25)26/h4-8,10,14,16H,9H2,1-3H3,(H,22,23)/t10-,14+,16-/m1/s1. The lowest BCUT2D eigenvalue weighted by Crippen LogP contribution is -2.63. The number of carboxylic acids is 1. The van der Waals surface area contributed by atoms with Gasteiger partial charge in [0.1, 0.15) is 24.3 Å². The Morgan fingerprint density at radius 2 is 2.00 bits per heavy atom. The van der Waals surface area contributed by atoms with Gasteiger partial charge in [0.15, 0.2) is 0 Å². The van der Waals surface area contributed by atoms with Crippen molar-refractivity contribution in [3.05, 3.63) is 51.7 Å².